The maximum atomic E-state index is 6.58. The molecule has 0 saturated heterocycles. The van der Waals surface area contributed by atoms with Gasteiger partial charge in [-0.05, 0) is 49.7 Å². The van der Waals surface area contributed by atoms with Crippen molar-refractivity contribution in [1.82, 2.24) is 19.5 Å². The molecule has 0 unspecified atom stereocenters. The number of nitrogens with zero attached hydrogens (tertiary/aromatic N) is 4. The van der Waals surface area contributed by atoms with Gasteiger partial charge in [0.15, 0.2) is 17.5 Å². The molecule has 0 fully saturated rings. The van der Waals surface area contributed by atoms with Gasteiger partial charge in [-0.25, -0.2) is 15.0 Å². The van der Waals surface area contributed by atoms with Gasteiger partial charge in [-0.15, -0.1) is 0 Å². The monoisotopic (exact) mass is 672 g/mol. The van der Waals surface area contributed by atoms with E-state index in [1.54, 1.807) is 0 Å². The van der Waals surface area contributed by atoms with E-state index in [1.165, 1.54) is 10.8 Å². The highest BCUT2D eigenvalue weighted by Gasteiger charge is 2.20. The average molecular weight is 673 g/mol. The van der Waals surface area contributed by atoms with Gasteiger partial charge in [0, 0.05) is 50.4 Å². The molecule has 0 saturated carbocycles. The van der Waals surface area contributed by atoms with Crippen LogP contribution in [0.2, 0.25) is 0 Å². The molecule has 248 valence electrons. The Hall–Kier alpha value is -6.79. The van der Waals surface area contributed by atoms with Gasteiger partial charge >= 0.3 is 0 Å². The first kappa shape index (κ1) is 30.1. The fraction of sp³-hybridized carbons (Fsp3) is 0.0652. The van der Waals surface area contributed by atoms with Crippen molar-refractivity contribution >= 4 is 61.5 Å². The van der Waals surface area contributed by atoms with Gasteiger partial charge in [-0.1, -0.05) is 110 Å². The molecule has 0 aliphatic heterocycles. The Morgan fingerprint density at radius 3 is 2.23 bits per heavy atom. The zero-order valence-electron chi connectivity index (χ0n) is 28.5. The van der Waals surface area contributed by atoms with Crippen LogP contribution in [0.25, 0.3) is 89.9 Å². The molecule has 9 aromatic rings. The summed E-state index contributed by atoms with van der Waals surface area (Å²) in [6.45, 7) is 6.39. The average Bonchev–Trinajstić information content (AvgIpc) is 3.85. The fourth-order valence-electron chi connectivity index (χ4n) is 7.56. The first-order valence-corrected chi connectivity index (χ1v) is 17.5. The predicted octanol–water partition coefficient (Wildman–Crippen LogP) is 11.8. The van der Waals surface area contributed by atoms with E-state index in [4.69, 9.17) is 23.8 Å². The largest absolute Gasteiger partial charge is 0.465 e. The number of hydrogen-bond acceptors (Lipinski definition) is 5. The van der Waals surface area contributed by atoms with E-state index in [0.29, 0.717) is 23.0 Å². The van der Waals surface area contributed by atoms with Gasteiger partial charge in [0.05, 0.1) is 22.1 Å². The third kappa shape index (κ3) is 4.83. The van der Waals surface area contributed by atoms with E-state index in [2.05, 4.69) is 102 Å². The number of hydrogen-bond donors (Lipinski definition) is 0. The number of para-hydroxylation sites is 2. The Bertz CT molecular complexity index is 2890. The van der Waals surface area contributed by atoms with Crippen molar-refractivity contribution in [2.45, 2.75) is 19.8 Å². The lowest BCUT2D eigenvalue weighted by molar-refractivity contribution is 0.481. The molecule has 4 aromatic heterocycles. The Kier molecular flexibility index (Phi) is 6.89. The lowest BCUT2D eigenvalue weighted by atomic mass is 10.0. The van der Waals surface area contributed by atoms with Gasteiger partial charge in [0.25, 0.3) is 0 Å². The Balaban J connectivity index is 1.10. The van der Waals surface area contributed by atoms with Gasteiger partial charge in [0.2, 0.25) is 0 Å². The number of aryl methyl sites for hydroxylation is 2. The van der Waals surface area contributed by atoms with Crippen molar-refractivity contribution in [1.29, 1.82) is 0 Å². The molecular weight excluding hydrogens is 641 g/mol. The van der Waals surface area contributed by atoms with E-state index in [-0.39, 0.29) is 0 Å². The van der Waals surface area contributed by atoms with Crippen LogP contribution in [-0.4, -0.2) is 19.5 Å². The summed E-state index contributed by atoms with van der Waals surface area (Å²) < 4.78 is 15.0. The maximum absolute atomic E-state index is 6.58. The number of furan rings is 2. The summed E-state index contributed by atoms with van der Waals surface area (Å²) in [5, 5.41) is 4.52. The smallest absolute Gasteiger partial charge is 0.164 e. The Labute approximate surface area is 299 Å². The van der Waals surface area contributed by atoms with Gasteiger partial charge < -0.3 is 13.4 Å². The summed E-state index contributed by atoms with van der Waals surface area (Å²) >= 11 is 0. The molecule has 1 aliphatic carbocycles. The number of fused-ring (bicyclic) bond motifs is 7. The lowest BCUT2D eigenvalue weighted by Crippen LogP contribution is -2.02. The number of benzene rings is 5. The van der Waals surface area contributed by atoms with Crippen LogP contribution < -0.4 is 0 Å². The van der Waals surface area contributed by atoms with E-state index in [1.807, 2.05) is 55.5 Å². The predicted molar refractivity (Wildman–Crippen MR) is 211 cm³/mol. The van der Waals surface area contributed by atoms with Crippen LogP contribution >= 0.6 is 0 Å². The van der Waals surface area contributed by atoms with Gasteiger partial charge in [-0.2, -0.15) is 0 Å². The van der Waals surface area contributed by atoms with Crippen LogP contribution in [0.15, 0.2) is 143 Å². The summed E-state index contributed by atoms with van der Waals surface area (Å²) in [6, 6.07) is 39.6. The fourth-order valence-corrected chi connectivity index (χ4v) is 7.56. The Morgan fingerprint density at radius 2 is 1.44 bits per heavy atom. The number of rotatable bonds is 6. The van der Waals surface area contributed by atoms with E-state index in [0.717, 1.165) is 85.3 Å². The molecule has 0 amide bonds. The van der Waals surface area contributed by atoms with Crippen LogP contribution in [0.4, 0.5) is 0 Å². The van der Waals surface area contributed by atoms with E-state index < -0.39 is 0 Å². The van der Waals surface area contributed by atoms with Crippen LogP contribution in [0.5, 0.6) is 0 Å². The molecule has 0 spiro atoms. The van der Waals surface area contributed by atoms with Crippen LogP contribution in [0.3, 0.4) is 0 Å². The molecule has 1 aliphatic rings. The molecule has 0 radical (unpaired) electrons. The van der Waals surface area contributed by atoms with Crippen molar-refractivity contribution in [3.05, 3.63) is 162 Å². The van der Waals surface area contributed by atoms with Crippen molar-refractivity contribution in [3.63, 3.8) is 0 Å². The zero-order valence-corrected chi connectivity index (χ0v) is 28.5. The van der Waals surface area contributed by atoms with Crippen LogP contribution in [-0.2, 0) is 6.42 Å². The molecule has 0 N–H and O–H groups in total. The summed E-state index contributed by atoms with van der Waals surface area (Å²) in [6.07, 6.45) is 10.3. The quantitative estimate of drug-likeness (QED) is 0.164. The number of allylic oxidation sites excluding steroid dienone is 3. The molecule has 4 heterocycles. The lowest BCUT2D eigenvalue weighted by Gasteiger charge is -2.10. The molecule has 5 aromatic carbocycles. The SMILES string of the molecule is C=C(/C=C\c1c(C)oc2c1C=CCC2)c1nc(-c2ccccc2)nc(-c2ccc3c(c2)oc2cccc(-n4c5ccccc5c5ccccc54)c23)n1. The number of aromatic nitrogens is 4. The van der Waals surface area contributed by atoms with Crippen LogP contribution in [0, 0.1) is 6.92 Å². The molecular formula is C46H32N4O2. The Morgan fingerprint density at radius 1 is 0.712 bits per heavy atom. The van der Waals surface area contributed by atoms with Crippen LogP contribution in [0.1, 0.15) is 34.9 Å². The minimum atomic E-state index is 0.504. The zero-order chi connectivity index (χ0) is 34.8. The summed E-state index contributed by atoms with van der Waals surface area (Å²) in [7, 11) is 0. The van der Waals surface area contributed by atoms with Gasteiger partial charge in [-0.3, -0.25) is 0 Å². The molecule has 6 nitrogen and oxygen atoms in total. The second-order valence-corrected chi connectivity index (χ2v) is 13.2. The van der Waals surface area contributed by atoms with Crippen molar-refractivity contribution in [3.8, 4) is 28.5 Å². The molecule has 10 rings (SSSR count). The van der Waals surface area contributed by atoms with Crippen molar-refractivity contribution in [2.24, 2.45) is 0 Å². The third-order valence-corrected chi connectivity index (χ3v) is 10.0. The second kappa shape index (κ2) is 11.9. The van der Waals surface area contributed by atoms with Gasteiger partial charge in [0.1, 0.15) is 22.7 Å². The molecule has 0 bridgehead atoms. The summed E-state index contributed by atoms with van der Waals surface area (Å²) in [5.74, 6) is 3.55. The van der Waals surface area contributed by atoms with E-state index in [9.17, 15) is 0 Å². The molecule has 6 heteroatoms. The normalized spacial score (nSPS) is 12.9. The highest BCUT2D eigenvalue weighted by molar-refractivity contribution is 6.14. The minimum absolute atomic E-state index is 0.504. The summed E-state index contributed by atoms with van der Waals surface area (Å²) in [5.41, 5.74) is 9.55. The first-order valence-electron chi connectivity index (χ1n) is 17.5. The standard InChI is InChI=1S/C46H32N4O2/c1-28(23-25-32-29(2)51-40-21-11-8-17-35(32)40)44-47-45(30-13-4-3-5-14-30)49-46(48-44)31-24-26-36-42(27-31)52-41-22-12-20-39(43(36)41)50-37-18-9-6-15-33(37)34-16-7-10-19-38(34)50/h3-10,12-20,22-27H,1,11,21H2,2H3/b25-23-. The third-order valence-electron chi connectivity index (χ3n) is 10.0. The van der Waals surface area contributed by atoms with Crippen molar-refractivity contribution < 1.29 is 8.83 Å². The summed E-state index contributed by atoms with van der Waals surface area (Å²) in [4.78, 5) is 14.8. The highest BCUT2D eigenvalue weighted by Crippen LogP contribution is 2.39. The maximum Gasteiger partial charge on any atom is 0.164 e. The molecule has 52 heavy (non-hydrogen) atoms. The second-order valence-electron chi connectivity index (χ2n) is 13.2. The molecule has 0 atom stereocenters. The van der Waals surface area contributed by atoms with Crippen molar-refractivity contribution in [2.75, 3.05) is 0 Å². The highest BCUT2D eigenvalue weighted by atomic mass is 16.3. The van der Waals surface area contributed by atoms with E-state index >= 15 is 0 Å². The minimum Gasteiger partial charge on any atom is -0.465 e. The first-order chi connectivity index (χ1) is 25.6. The topological polar surface area (TPSA) is 69.9 Å².